The zero-order chi connectivity index (χ0) is 48.1. The fourth-order valence-corrected chi connectivity index (χ4v) is 12.1. The molecule has 2 saturated carbocycles. The van der Waals surface area contributed by atoms with Crippen LogP contribution in [-0.2, 0) is 18.9 Å². The molecule has 2 aliphatic heterocycles. The number of fused-ring (bicyclic) bond motifs is 2. The van der Waals surface area contributed by atoms with E-state index < -0.39 is 11.6 Å². The maximum Gasteiger partial charge on any atom is 0.168 e. The molecule has 2 saturated heterocycles. The highest BCUT2D eigenvalue weighted by molar-refractivity contribution is 5.71. The van der Waals surface area contributed by atoms with Crippen molar-refractivity contribution in [3.8, 4) is 94.7 Å². The van der Waals surface area contributed by atoms with Gasteiger partial charge in [0.05, 0.1) is 48.1 Å². The minimum atomic E-state index is -0.552. The average molecular weight is 929 g/mol. The van der Waals surface area contributed by atoms with E-state index in [-0.39, 0.29) is 21.7 Å². The molecule has 4 fully saturated rings. The van der Waals surface area contributed by atoms with Crippen molar-refractivity contribution in [3.63, 3.8) is 0 Å². The molecule has 10 aliphatic rings. The smallest absolute Gasteiger partial charge is 0.168 e. The van der Waals surface area contributed by atoms with Crippen molar-refractivity contribution in [1.29, 1.82) is 0 Å². The molecule has 4 nitrogen and oxygen atoms in total. The highest BCUT2D eigenvalue weighted by atomic mass is 16.7. The molecule has 4 aromatic rings. The minimum Gasteiger partial charge on any atom is -0.349 e. The predicted molar refractivity (Wildman–Crippen MR) is 278 cm³/mol. The van der Waals surface area contributed by atoms with Gasteiger partial charge in [0, 0.05) is 92.5 Å². The van der Waals surface area contributed by atoms with Crippen molar-refractivity contribution in [1.82, 2.24) is 0 Å². The summed E-state index contributed by atoms with van der Waals surface area (Å²) in [7, 11) is 0. The van der Waals surface area contributed by atoms with Crippen LogP contribution in [0.15, 0.2) is 144 Å². The standard InChI is InChI=1S/C68H48O4/c1-7-35-67(36-8-1)69-47-63-44-60-32-28-56-24-12-20-52(40-56)16-4-6-18-54-22-14-26-58(42-54)30-34-62-46-65-49-71-68(37-9-2-10-38-68)72-50-66(62,65)45-61(65)33-29-57-25-13-21-53(41-57)17-5-3-15-51-19-11-23-55(39-51)27-31-59(63)43-64(60,63)48-70-67/h11-14,19-26,39-46H,1-2,7-10,35-38,47-50H2/t63-,64+,65-,66+. The first-order valence-corrected chi connectivity index (χ1v) is 25.4. The largest absolute Gasteiger partial charge is 0.349 e. The van der Waals surface area contributed by atoms with Crippen molar-refractivity contribution in [2.24, 2.45) is 21.7 Å². The Balaban J connectivity index is 0.838. The average Bonchev–Trinajstić information content (AvgIpc) is 3.48. The van der Waals surface area contributed by atoms with E-state index in [1.165, 1.54) is 12.8 Å². The second kappa shape index (κ2) is 17.5. The number of ether oxygens (including phenoxy) is 4. The highest BCUT2D eigenvalue weighted by Gasteiger charge is 2.70. The molecule has 16 bridgehead atoms. The number of rotatable bonds is 0. The fourth-order valence-electron chi connectivity index (χ4n) is 12.1. The first-order valence-electron chi connectivity index (χ1n) is 25.4. The number of hydrogen-bond donors (Lipinski definition) is 0. The van der Waals surface area contributed by atoms with Crippen LogP contribution in [0.4, 0.5) is 0 Å². The fraction of sp³-hybridized carbons (Fsp3) is 0.294. The molecule has 0 radical (unpaired) electrons. The van der Waals surface area contributed by atoms with Gasteiger partial charge in [-0.3, -0.25) is 0 Å². The molecular formula is C68H48O4. The van der Waals surface area contributed by atoms with Gasteiger partial charge in [-0.05, 0) is 122 Å². The first-order chi connectivity index (χ1) is 35.4. The number of hydrogen-bond acceptors (Lipinski definition) is 4. The summed E-state index contributed by atoms with van der Waals surface area (Å²) in [5.41, 5.74) is 9.60. The molecule has 4 aromatic carbocycles. The lowest BCUT2D eigenvalue weighted by Gasteiger charge is -2.60. The topological polar surface area (TPSA) is 36.9 Å². The molecule has 4 atom stereocenters. The zero-order valence-electron chi connectivity index (χ0n) is 40.1. The molecule has 14 rings (SSSR count). The van der Waals surface area contributed by atoms with Gasteiger partial charge in [-0.25, -0.2) is 0 Å². The maximum absolute atomic E-state index is 6.77. The monoisotopic (exact) mass is 928 g/mol. The molecular weight excluding hydrogens is 881 g/mol. The van der Waals surface area contributed by atoms with E-state index in [2.05, 4.69) is 119 Å². The SMILES string of the molecule is C1#Cc2cccc(c2)C#CC2=C[C@]34COC5(CCCCC5)OC[C@@]23C=C4C#Cc2cccc(c2)C#CC#Cc2cccc(c2)C#CC2=C[C@@]34COC5(CCCCC5)OC[C@]23C=C4C#Cc2cccc(c2)C#C1. The molecule has 6 spiro atoms. The van der Waals surface area contributed by atoms with Gasteiger partial charge < -0.3 is 18.9 Å². The van der Waals surface area contributed by atoms with Crippen LogP contribution in [0.25, 0.3) is 0 Å². The summed E-state index contributed by atoms with van der Waals surface area (Å²) < 4.78 is 27.1. The van der Waals surface area contributed by atoms with Crippen LogP contribution in [0, 0.1) is 116 Å². The van der Waals surface area contributed by atoms with Gasteiger partial charge in [0.15, 0.2) is 11.6 Å². The van der Waals surface area contributed by atoms with Gasteiger partial charge in [-0.2, -0.15) is 0 Å². The molecule has 4 heteroatoms. The lowest BCUT2D eigenvalue weighted by Crippen LogP contribution is -2.59. The summed E-state index contributed by atoms with van der Waals surface area (Å²) in [5, 5.41) is 0. The summed E-state index contributed by atoms with van der Waals surface area (Å²) in [6, 6.07) is 32.1. The Kier molecular flexibility index (Phi) is 10.7. The van der Waals surface area contributed by atoms with E-state index in [0.29, 0.717) is 26.4 Å². The maximum atomic E-state index is 6.77. The van der Waals surface area contributed by atoms with Gasteiger partial charge in [0.2, 0.25) is 0 Å². The first kappa shape index (κ1) is 44.1. The lowest BCUT2D eigenvalue weighted by molar-refractivity contribution is -0.244. The van der Waals surface area contributed by atoms with Crippen molar-refractivity contribution < 1.29 is 18.9 Å². The predicted octanol–water partition coefficient (Wildman–Crippen LogP) is 10.7. The molecule has 0 aromatic heterocycles. The van der Waals surface area contributed by atoms with Crippen molar-refractivity contribution >= 4 is 0 Å². The van der Waals surface area contributed by atoms with Crippen LogP contribution in [0.2, 0.25) is 0 Å². The van der Waals surface area contributed by atoms with E-state index in [4.69, 9.17) is 18.9 Å². The van der Waals surface area contributed by atoms with E-state index in [1.54, 1.807) is 0 Å². The normalized spacial score (nSPS) is 27.8. The summed E-state index contributed by atoms with van der Waals surface area (Å²) >= 11 is 0. The van der Waals surface area contributed by atoms with Gasteiger partial charge >= 0.3 is 0 Å². The molecule has 72 heavy (non-hydrogen) atoms. The Labute approximate surface area is 423 Å². The van der Waals surface area contributed by atoms with Gasteiger partial charge in [-0.15, -0.1) is 0 Å². The van der Waals surface area contributed by atoms with E-state index >= 15 is 0 Å². The third-order valence-corrected chi connectivity index (χ3v) is 16.3. The zero-order valence-corrected chi connectivity index (χ0v) is 40.1. The summed E-state index contributed by atoms with van der Waals surface area (Å²) in [4.78, 5) is 0. The lowest BCUT2D eigenvalue weighted by atomic mass is 9.41. The Bertz CT molecular complexity index is 3220. The number of benzene rings is 4. The van der Waals surface area contributed by atoms with Gasteiger partial charge in [0.1, 0.15) is 0 Å². The summed E-state index contributed by atoms with van der Waals surface area (Å²) in [6.07, 6.45) is 19.6. The van der Waals surface area contributed by atoms with Crippen LogP contribution >= 0.6 is 0 Å². The summed E-state index contributed by atoms with van der Waals surface area (Å²) in [5.74, 6) is 52.1. The van der Waals surface area contributed by atoms with Crippen LogP contribution in [0.5, 0.6) is 0 Å². The van der Waals surface area contributed by atoms with Crippen molar-refractivity contribution in [3.05, 3.63) is 188 Å². The quantitative estimate of drug-likeness (QED) is 0.165. The van der Waals surface area contributed by atoms with Crippen LogP contribution in [-0.4, -0.2) is 38.0 Å². The third kappa shape index (κ3) is 7.49. The molecule has 0 unspecified atom stereocenters. The highest BCUT2D eigenvalue weighted by Crippen LogP contribution is 2.70. The summed E-state index contributed by atoms with van der Waals surface area (Å²) in [6.45, 7) is 2.08. The second-order valence-electron chi connectivity index (χ2n) is 20.5. The third-order valence-electron chi connectivity index (χ3n) is 16.3. The Morgan fingerprint density at radius 2 is 0.514 bits per heavy atom. The van der Waals surface area contributed by atoms with E-state index in [1.807, 2.05) is 97.1 Å². The van der Waals surface area contributed by atoms with Crippen LogP contribution < -0.4 is 0 Å². The molecule has 0 N–H and O–H groups in total. The molecule has 8 aliphatic carbocycles. The second-order valence-corrected chi connectivity index (χ2v) is 20.5. The Morgan fingerprint density at radius 1 is 0.278 bits per heavy atom. The molecule has 2 heterocycles. The molecule has 0 amide bonds. The molecule has 344 valence electrons. The Hall–Kier alpha value is -7.84. The minimum absolute atomic E-state index is 0.385. The van der Waals surface area contributed by atoms with Crippen molar-refractivity contribution in [2.75, 3.05) is 26.4 Å². The Morgan fingerprint density at radius 3 is 0.764 bits per heavy atom. The van der Waals surface area contributed by atoms with E-state index in [0.717, 1.165) is 118 Å². The van der Waals surface area contributed by atoms with Gasteiger partial charge in [0.25, 0.3) is 0 Å². The van der Waals surface area contributed by atoms with Gasteiger partial charge in [-0.1, -0.05) is 132 Å². The van der Waals surface area contributed by atoms with Crippen molar-refractivity contribution in [2.45, 2.75) is 75.8 Å². The van der Waals surface area contributed by atoms with Crippen LogP contribution in [0.3, 0.4) is 0 Å². The van der Waals surface area contributed by atoms with Crippen LogP contribution in [0.1, 0.15) is 109 Å². The van der Waals surface area contributed by atoms with E-state index in [9.17, 15) is 0 Å².